The highest BCUT2D eigenvalue weighted by molar-refractivity contribution is 7.80. The Balaban J connectivity index is 1.53. The number of para-hydroxylation sites is 1. The fourth-order valence-electron chi connectivity index (χ4n) is 3.72. The summed E-state index contributed by atoms with van der Waals surface area (Å²) in [6, 6.07) is 18.5. The largest absolute Gasteiger partial charge is 0.376 e. The predicted octanol–water partition coefficient (Wildman–Crippen LogP) is 3.12. The summed E-state index contributed by atoms with van der Waals surface area (Å²) in [5.41, 5.74) is 8.23. The van der Waals surface area contributed by atoms with Crippen LogP contribution in [-0.4, -0.2) is 53.5 Å². The number of likely N-dealkylation sites (N-methyl/N-ethyl adjacent to an activating group) is 1. The lowest BCUT2D eigenvalue weighted by Gasteiger charge is -2.37. The van der Waals surface area contributed by atoms with Crippen molar-refractivity contribution in [1.29, 1.82) is 0 Å². The van der Waals surface area contributed by atoms with E-state index in [9.17, 15) is 4.79 Å². The molecular formula is C22H28N4OS. The number of nitrogens with zero attached hydrogens (tertiary/aromatic N) is 2. The van der Waals surface area contributed by atoms with Crippen LogP contribution in [-0.2, 0) is 6.42 Å². The first kappa shape index (κ1) is 20.3. The monoisotopic (exact) mass is 396 g/mol. The van der Waals surface area contributed by atoms with Gasteiger partial charge in [0.2, 0.25) is 0 Å². The second kappa shape index (κ2) is 9.66. The fourth-order valence-corrected chi connectivity index (χ4v) is 3.83. The zero-order chi connectivity index (χ0) is 19.9. The molecule has 6 heteroatoms. The van der Waals surface area contributed by atoms with Crippen molar-refractivity contribution in [2.45, 2.75) is 25.3 Å². The molecule has 1 aliphatic rings. The van der Waals surface area contributed by atoms with Gasteiger partial charge in [-0.05, 0) is 56.2 Å². The summed E-state index contributed by atoms with van der Waals surface area (Å²) in [5, 5.41) is 3.07. The average molecular weight is 397 g/mol. The zero-order valence-corrected chi connectivity index (χ0v) is 17.1. The van der Waals surface area contributed by atoms with E-state index in [1.165, 1.54) is 5.56 Å². The van der Waals surface area contributed by atoms with Crippen molar-refractivity contribution in [2.75, 3.05) is 32.0 Å². The lowest BCUT2D eigenvalue weighted by molar-refractivity contribution is 0.0648. The maximum Gasteiger partial charge on any atom is 0.255 e. The molecule has 1 amide bonds. The van der Waals surface area contributed by atoms with Crippen LogP contribution in [0.2, 0.25) is 0 Å². The first-order valence-corrected chi connectivity index (χ1v) is 10.1. The second-order valence-corrected chi connectivity index (χ2v) is 7.71. The minimum atomic E-state index is 0.0322. The summed E-state index contributed by atoms with van der Waals surface area (Å²) in [7, 11) is 2.19. The van der Waals surface area contributed by atoms with Gasteiger partial charge in [-0.2, -0.15) is 0 Å². The van der Waals surface area contributed by atoms with Crippen molar-refractivity contribution in [1.82, 2.24) is 9.80 Å². The van der Waals surface area contributed by atoms with Crippen molar-refractivity contribution in [3.05, 3.63) is 65.7 Å². The molecule has 0 bridgehead atoms. The Morgan fingerprint density at radius 2 is 1.79 bits per heavy atom. The number of nitrogens with two attached hydrogens (primary N) is 1. The van der Waals surface area contributed by atoms with E-state index >= 15 is 0 Å². The van der Waals surface area contributed by atoms with Crippen LogP contribution in [0.5, 0.6) is 0 Å². The number of carbonyl (C=O) groups is 1. The molecule has 1 aliphatic heterocycles. The Morgan fingerprint density at radius 1 is 1.14 bits per heavy atom. The normalized spacial score (nSPS) is 14.9. The van der Waals surface area contributed by atoms with Crippen LogP contribution in [0, 0.1) is 0 Å². The van der Waals surface area contributed by atoms with Crippen LogP contribution in [0.15, 0.2) is 54.6 Å². The molecule has 0 radical (unpaired) electrons. The van der Waals surface area contributed by atoms with E-state index in [-0.39, 0.29) is 11.0 Å². The first-order valence-electron chi connectivity index (χ1n) is 9.73. The highest BCUT2D eigenvalue weighted by atomic mass is 32.1. The average Bonchev–Trinajstić information content (AvgIpc) is 2.72. The number of hydrogen-bond acceptors (Lipinski definition) is 3. The van der Waals surface area contributed by atoms with Gasteiger partial charge in [-0.3, -0.25) is 4.79 Å². The summed E-state index contributed by atoms with van der Waals surface area (Å²) >= 11 is 4.92. The van der Waals surface area contributed by atoms with E-state index in [4.69, 9.17) is 18.0 Å². The number of thiocarbonyl (C=S) groups is 1. The Kier molecular flexibility index (Phi) is 7.01. The summed E-state index contributed by atoms with van der Waals surface area (Å²) in [5.74, 6) is 0.0322. The molecule has 3 N–H and O–H groups in total. The Morgan fingerprint density at radius 3 is 2.46 bits per heavy atom. The first-order chi connectivity index (χ1) is 13.5. The number of benzene rings is 2. The highest BCUT2D eigenvalue weighted by Crippen LogP contribution is 2.22. The fraction of sp³-hybridized carbons (Fsp3) is 0.364. The molecule has 2 aromatic rings. The number of likely N-dealkylation sites (tertiary alicyclic amines) is 1. The van der Waals surface area contributed by atoms with E-state index in [0.717, 1.165) is 38.9 Å². The molecule has 0 unspecified atom stereocenters. The van der Waals surface area contributed by atoms with Crippen molar-refractivity contribution < 1.29 is 4.79 Å². The van der Waals surface area contributed by atoms with Gasteiger partial charge in [0.25, 0.3) is 5.91 Å². The van der Waals surface area contributed by atoms with E-state index in [1.54, 1.807) is 0 Å². The molecule has 28 heavy (non-hydrogen) atoms. The lowest BCUT2D eigenvalue weighted by atomic mass is 10.0. The number of carbonyl (C=O) groups excluding carboxylic acids is 1. The molecule has 148 valence electrons. The summed E-state index contributed by atoms with van der Waals surface area (Å²) in [6.07, 6.45) is 3.03. The van der Waals surface area contributed by atoms with E-state index in [1.807, 2.05) is 29.2 Å². The minimum Gasteiger partial charge on any atom is -0.376 e. The van der Waals surface area contributed by atoms with Crippen molar-refractivity contribution in [3.63, 3.8) is 0 Å². The van der Waals surface area contributed by atoms with Gasteiger partial charge < -0.3 is 20.9 Å². The molecule has 1 saturated heterocycles. The Labute approximate surface area is 172 Å². The number of rotatable bonds is 6. The molecule has 0 aromatic heterocycles. The van der Waals surface area contributed by atoms with Crippen molar-refractivity contribution in [3.8, 4) is 0 Å². The van der Waals surface area contributed by atoms with Gasteiger partial charge in [0.15, 0.2) is 5.11 Å². The minimum absolute atomic E-state index is 0.0322. The third kappa shape index (κ3) is 5.30. The topological polar surface area (TPSA) is 61.6 Å². The number of nitrogens with one attached hydrogen (secondary N) is 1. The van der Waals surface area contributed by atoms with Gasteiger partial charge in [-0.15, -0.1) is 0 Å². The predicted molar refractivity (Wildman–Crippen MR) is 119 cm³/mol. The van der Waals surface area contributed by atoms with Crippen molar-refractivity contribution in [2.24, 2.45) is 5.73 Å². The van der Waals surface area contributed by atoms with Gasteiger partial charge in [-0.1, -0.05) is 42.5 Å². The SMILES string of the molecule is CN(CCc1ccccc1)C1CCN(C(=O)c2ccccc2NC(N)=S)CC1. The van der Waals surface area contributed by atoms with Crippen LogP contribution < -0.4 is 11.1 Å². The van der Waals surface area contributed by atoms with Crippen LogP contribution in [0.1, 0.15) is 28.8 Å². The van der Waals surface area contributed by atoms with Crippen LogP contribution in [0.25, 0.3) is 0 Å². The van der Waals surface area contributed by atoms with E-state index in [2.05, 4.69) is 47.6 Å². The highest BCUT2D eigenvalue weighted by Gasteiger charge is 2.26. The maximum atomic E-state index is 13.0. The molecule has 2 aromatic carbocycles. The van der Waals surface area contributed by atoms with Gasteiger partial charge >= 0.3 is 0 Å². The van der Waals surface area contributed by atoms with Gasteiger partial charge in [0, 0.05) is 25.7 Å². The Hall–Kier alpha value is -2.44. The summed E-state index contributed by atoms with van der Waals surface area (Å²) in [6.45, 7) is 2.56. The molecule has 1 fully saturated rings. The zero-order valence-electron chi connectivity index (χ0n) is 16.3. The second-order valence-electron chi connectivity index (χ2n) is 7.27. The number of amides is 1. The van der Waals surface area contributed by atoms with Crippen LogP contribution in [0.3, 0.4) is 0 Å². The molecule has 0 saturated carbocycles. The van der Waals surface area contributed by atoms with Gasteiger partial charge in [-0.25, -0.2) is 0 Å². The molecule has 0 spiro atoms. The van der Waals surface area contributed by atoms with E-state index < -0.39 is 0 Å². The maximum absolute atomic E-state index is 13.0. The van der Waals surface area contributed by atoms with Crippen LogP contribution >= 0.6 is 12.2 Å². The molecule has 0 aliphatic carbocycles. The summed E-state index contributed by atoms with van der Waals surface area (Å²) in [4.78, 5) is 17.3. The third-order valence-electron chi connectivity index (χ3n) is 5.39. The Bertz CT molecular complexity index is 803. The van der Waals surface area contributed by atoms with Crippen molar-refractivity contribution >= 4 is 28.9 Å². The van der Waals surface area contributed by atoms with Gasteiger partial charge in [0.1, 0.15) is 0 Å². The quantitative estimate of drug-likeness (QED) is 0.735. The molecule has 5 nitrogen and oxygen atoms in total. The standard InChI is InChI=1S/C22H28N4OS/c1-25(14-11-17-7-3-2-4-8-17)18-12-15-26(16-13-18)21(27)19-9-5-6-10-20(19)24-22(23)28/h2-10,18H,11-16H2,1H3,(H3,23,24,28). The third-order valence-corrected chi connectivity index (χ3v) is 5.49. The molecular weight excluding hydrogens is 368 g/mol. The summed E-state index contributed by atoms with van der Waals surface area (Å²) < 4.78 is 0. The smallest absolute Gasteiger partial charge is 0.255 e. The number of piperidine rings is 1. The van der Waals surface area contributed by atoms with Crippen LogP contribution in [0.4, 0.5) is 5.69 Å². The molecule has 1 heterocycles. The van der Waals surface area contributed by atoms with E-state index in [0.29, 0.717) is 17.3 Å². The molecule has 0 atom stereocenters. The lowest BCUT2D eigenvalue weighted by Crippen LogP contribution is -2.46. The van der Waals surface area contributed by atoms with Gasteiger partial charge in [0.05, 0.1) is 11.3 Å². The molecule has 3 rings (SSSR count). The number of anilines is 1. The number of hydrogen-bond donors (Lipinski definition) is 2.